The molecule has 0 saturated carbocycles. The smallest absolute Gasteiger partial charge is 0.243 e. The van der Waals surface area contributed by atoms with Crippen LogP contribution in [0.5, 0.6) is 0 Å². The number of anilines is 1. The van der Waals surface area contributed by atoms with Gasteiger partial charge >= 0.3 is 0 Å². The van der Waals surface area contributed by atoms with E-state index < -0.39 is 10.0 Å². The third-order valence-corrected chi connectivity index (χ3v) is 7.39. The Morgan fingerprint density at radius 3 is 2.62 bits per heavy atom. The number of sulfonamides is 1. The molecule has 1 saturated heterocycles. The van der Waals surface area contributed by atoms with Gasteiger partial charge in [0.05, 0.1) is 4.90 Å². The van der Waals surface area contributed by atoms with Crippen LogP contribution in [0.1, 0.15) is 32.1 Å². The minimum Gasteiger partial charge on any atom is -0.339 e. The maximum atomic E-state index is 12.8. The van der Waals surface area contributed by atoms with Crippen LogP contribution in [-0.4, -0.2) is 46.8 Å². The van der Waals surface area contributed by atoms with Crippen molar-refractivity contribution in [2.45, 2.75) is 37.5 Å². The Balaban J connectivity index is 1.31. The minimum atomic E-state index is -3.51. The molecule has 0 spiro atoms. The molecule has 0 atom stereocenters. The van der Waals surface area contributed by atoms with Crippen molar-refractivity contribution in [3.05, 3.63) is 54.7 Å². The predicted molar refractivity (Wildman–Crippen MR) is 118 cm³/mol. The van der Waals surface area contributed by atoms with Gasteiger partial charge < -0.3 is 9.84 Å². The first-order chi connectivity index (χ1) is 15.4. The lowest BCUT2D eigenvalue weighted by Gasteiger charge is -2.29. The number of hydrogen-bond donors (Lipinski definition) is 1. The van der Waals surface area contributed by atoms with Gasteiger partial charge in [0.2, 0.25) is 27.6 Å². The van der Waals surface area contributed by atoms with Crippen molar-refractivity contribution in [3.8, 4) is 11.4 Å². The largest absolute Gasteiger partial charge is 0.339 e. The number of nitrogens with one attached hydrogen (secondary N) is 1. The second-order valence-corrected chi connectivity index (χ2v) is 9.85. The highest BCUT2D eigenvalue weighted by Crippen LogP contribution is 2.24. The van der Waals surface area contributed by atoms with Gasteiger partial charge in [0.15, 0.2) is 0 Å². The molecule has 1 N–H and O–H groups in total. The molecule has 10 heteroatoms. The monoisotopic (exact) mass is 455 g/mol. The van der Waals surface area contributed by atoms with E-state index in [1.807, 2.05) is 6.07 Å². The molecule has 1 fully saturated rings. The van der Waals surface area contributed by atoms with Crippen molar-refractivity contribution in [2.75, 3.05) is 18.4 Å². The van der Waals surface area contributed by atoms with Gasteiger partial charge in [-0.2, -0.15) is 9.29 Å². The summed E-state index contributed by atoms with van der Waals surface area (Å²) >= 11 is 0. The van der Waals surface area contributed by atoms with Crippen LogP contribution in [0.3, 0.4) is 0 Å². The standard InChI is InChI=1S/C22H25N5O4S/c1-16-10-13-27(14-11-16)32(29,30)19-6-4-18(5-7-19)24-20(28)8-9-21-25-22(26-31-21)17-3-2-12-23-15-17/h2-7,12,15-16H,8-11,13-14H2,1H3,(H,24,28). The summed E-state index contributed by atoms with van der Waals surface area (Å²) in [6.07, 6.45) is 5.48. The molecule has 1 aliphatic heterocycles. The number of carbonyl (C=O) groups excluding carboxylic acids is 1. The normalized spacial score (nSPS) is 15.5. The summed E-state index contributed by atoms with van der Waals surface area (Å²) in [5, 5.41) is 6.67. The van der Waals surface area contributed by atoms with Gasteiger partial charge in [0, 0.05) is 49.6 Å². The minimum absolute atomic E-state index is 0.153. The molecule has 3 aromatic rings. The van der Waals surface area contributed by atoms with Gasteiger partial charge in [-0.15, -0.1) is 0 Å². The number of hydrogen-bond acceptors (Lipinski definition) is 7. The fourth-order valence-corrected chi connectivity index (χ4v) is 4.97. The lowest BCUT2D eigenvalue weighted by Crippen LogP contribution is -2.37. The molecule has 0 radical (unpaired) electrons. The number of rotatable bonds is 7. The number of pyridine rings is 1. The van der Waals surface area contributed by atoms with E-state index in [1.54, 1.807) is 30.6 Å². The fraction of sp³-hybridized carbons (Fsp3) is 0.364. The number of piperidine rings is 1. The molecular formula is C22H25N5O4S. The zero-order valence-electron chi connectivity index (χ0n) is 17.8. The molecule has 0 bridgehead atoms. The quantitative estimate of drug-likeness (QED) is 0.581. The van der Waals surface area contributed by atoms with Crippen LogP contribution in [0.2, 0.25) is 0 Å². The first kappa shape index (κ1) is 22.1. The zero-order chi connectivity index (χ0) is 22.6. The summed E-state index contributed by atoms with van der Waals surface area (Å²) in [5.74, 6) is 1.10. The molecule has 32 heavy (non-hydrogen) atoms. The SMILES string of the molecule is CC1CCN(S(=O)(=O)c2ccc(NC(=O)CCc3nc(-c4cccnc4)no3)cc2)CC1. The molecular weight excluding hydrogens is 430 g/mol. The van der Waals surface area contributed by atoms with E-state index in [4.69, 9.17) is 4.52 Å². The Bertz CT molecular complexity index is 1150. The summed E-state index contributed by atoms with van der Waals surface area (Å²) in [4.78, 5) is 20.8. The van der Waals surface area contributed by atoms with Crippen molar-refractivity contribution >= 4 is 21.6 Å². The predicted octanol–water partition coefficient (Wildman–Crippen LogP) is 3.12. The maximum Gasteiger partial charge on any atom is 0.243 e. The van der Waals surface area contributed by atoms with Gasteiger partial charge in [0.25, 0.3) is 0 Å². The highest BCUT2D eigenvalue weighted by Gasteiger charge is 2.27. The zero-order valence-corrected chi connectivity index (χ0v) is 18.6. The Morgan fingerprint density at radius 2 is 1.94 bits per heavy atom. The van der Waals surface area contributed by atoms with Crippen molar-refractivity contribution < 1.29 is 17.7 Å². The number of nitrogens with zero attached hydrogens (tertiary/aromatic N) is 4. The number of carbonyl (C=O) groups is 1. The number of benzene rings is 1. The summed E-state index contributed by atoms with van der Waals surface area (Å²) in [7, 11) is -3.51. The van der Waals surface area contributed by atoms with E-state index in [2.05, 4.69) is 27.4 Å². The van der Waals surface area contributed by atoms with Gasteiger partial charge in [-0.1, -0.05) is 12.1 Å². The van der Waals surface area contributed by atoms with Crippen LogP contribution >= 0.6 is 0 Å². The fourth-order valence-electron chi connectivity index (χ4n) is 3.50. The van der Waals surface area contributed by atoms with Crippen LogP contribution in [-0.2, 0) is 21.2 Å². The van der Waals surface area contributed by atoms with Gasteiger partial charge in [-0.25, -0.2) is 8.42 Å². The third kappa shape index (κ3) is 5.20. The first-order valence-corrected chi connectivity index (χ1v) is 12.0. The van der Waals surface area contributed by atoms with E-state index in [9.17, 15) is 13.2 Å². The topological polar surface area (TPSA) is 118 Å². The number of aromatic nitrogens is 3. The van der Waals surface area contributed by atoms with Crippen LogP contribution in [0.15, 0.2) is 58.2 Å². The molecule has 1 aliphatic rings. The van der Waals surface area contributed by atoms with E-state index in [0.29, 0.717) is 42.8 Å². The average Bonchev–Trinajstić information content (AvgIpc) is 3.28. The highest BCUT2D eigenvalue weighted by molar-refractivity contribution is 7.89. The molecule has 2 aromatic heterocycles. The summed E-state index contributed by atoms with van der Waals surface area (Å²) in [6.45, 7) is 3.22. The maximum absolute atomic E-state index is 12.8. The third-order valence-electron chi connectivity index (χ3n) is 5.47. The molecule has 0 aliphatic carbocycles. The van der Waals surface area contributed by atoms with Crippen LogP contribution in [0.25, 0.3) is 11.4 Å². The average molecular weight is 456 g/mol. The van der Waals surface area contributed by atoms with Crippen LogP contribution < -0.4 is 5.32 Å². The molecule has 1 amide bonds. The van der Waals surface area contributed by atoms with Crippen LogP contribution in [0.4, 0.5) is 5.69 Å². The Kier molecular flexibility index (Phi) is 6.61. The van der Waals surface area contributed by atoms with Gasteiger partial charge in [-0.3, -0.25) is 9.78 Å². The van der Waals surface area contributed by atoms with Crippen molar-refractivity contribution in [2.24, 2.45) is 5.92 Å². The second kappa shape index (κ2) is 9.58. The Hall–Kier alpha value is -3.11. The summed E-state index contributed by atoms with van der Waals surface area (Å²) in [5.41, 5.74) is 1.27. The molecule has 9 nitrogen and oxygen atoms in total. The van der Waals surface area contributed by atoms with Crippen molar-refractivity contribution in [1.82, 2.24) is 19.4 Å². The second-order valence-electron chi connectivity index (χ2n) is 7.91. The Labute approximate surface area is 186 Å². The molecule has 4 rings (SSSR count). The van der Waals surface area contributed by atoms with E-state index in [-0.39, 0.29) is 17.2 Å². The van der Waals surface area contributed by atoms with E-state index in [0.717, 1.165) is 18.4 Å². The van der Waals surface area contributed by atoms with Crippen LogP contribution in [0, 0.1) is 5.92 Å². The van der Waals surface area contributed by atoms with Gasteiger partial charge in [0.1, 0.15) is 0 Å². The Morgan fingerprint density at radius 1 is 1.19 bits per heavy atom. The first-order valence-electron chi connectivity index (χ1n) is 10.5. The van der Waals surface area contributed by atoms with E-state index in [1.165, 1.54) is 16.4 Å². The summed E-state index contributed by atoms with van der Waals surface area (Å²) in [6, 6.07) is 9.86. The lowest BCUT2D eigenvalue weighted by molar-refractivity contribution is -0.116. The highest BCUT2D eigenvalue weighted by atomic mass is 32.2. The van der Waals surface area contributed by atoms with Crippen molar-refractivity contribution in [1.29, 1.82) is 0 Å². The molecule has 0 unspecified atom stereocenters. The molecule has 168 valence electrons. The molecule has 1 aromatic carbocycles. The number of aryl methyl sites for hydroxylation is 1. The van der Waals surface area contributed by atoms with Gasteiger partial charge in [-0.05, 0) is 55.2 Å². The number of amides is 1. The van der Waals surface area contributed by atoms with E-state index >= 15 is 0 Å². The summed E-state index contributed by atoms with van der Waals surface area (Å²) < 4.78 is 32.3. The lowest BCUT2D eigenvalue weighted by atomic mass is 10.0. The van der Waals surface area contributed by atoms with Crippen molar-refractivity contribution in [3.63, 3.8) is 0 Å². The molecule has 3 heterocycles.